The fourth-order valence-corrected chi connectivity index (χ4v) is 3.44. The van der Waals surface area contributed by atoms with Crippen LogP contribution >= 0.6 is 31.9 Å². The Balaban J connectivity index is 1.66. The smallest absolute Gasteiger partial charge is 0.253 e. The van der Waals surface area contributed by atoms with Crippen molar-refractivity contribution in [3.05, 3.63) is 38.4 Å². The maximum absolute atomic E-state index is 5.75. The first-order chi connectivity index (χ1) is 10.1. The largest absolute Gasteiger partial charge is 0.481 e. The van der Waals surface area contributed by atoms with Crippen LogP contribution in [0.2, 0.25) is 0 Å². The Labute approximate surface area is 139 Å². The number of aromatic nitrogens is 2. The van der Waals surface area contributed by atoms with Gasteiger partial charge in [-0.3, -0.25) is 0 Å². The highest BCUT2D eigenvalue weighted by Crippen LogP contribution is 2.35. The molecule has 1 saturated carbocycles. The lowest BCUT2D eigenvalue weighted by Crippen LogP contribution is -2.15. The summed E-state index contributed by atoms with van der Waals surface area (Å²) in [6.07, 6.45) is 2.57. The van der Waals surface area contributed by atoms with E-state index in [9.17, 15) is 0 Å². The third-order valence-electron chi connectivity index (χ3n) is 3.14. The third-order valence-corrected chi connectivity index (χ3v) is 4.32. The van der Waals surface area contributed by atoms with E-state index >= 15 is 0 Å². The molecule has 1 heterocycles. The van der Waals surface area contributed by atoms with E-state index < -0.39 is 0 Å². The van der Waals surface area contributed by atoms with Crippen molar-refractivity contribution in [1.29, 1.82) is 0 Å². The molecule has 7 heteroatoms. The molecule has 112 valence electrons. The summed E-state index contributed by atoms with van der Waals surface area (Å²) in [5.41, 5.74) is 1.21. The van der Waals surface area contributed by atoms with Crippen LogP contribution in [0.1, 0.15) is 30.2 Å². The number of halogens is 2. The number of hydrogen-bond donors (Lipinski definition) is 1. The minimum atomic E-state index is 0.248. The van der Waals surface area contributed by atoms with Crippen LogP contribution in [0, 0.1) is 6.92 Å². The second-order valence-corrected chi connectivity index (χ2v) is 6.76. The quantitative estimate of drug-likeness (QED) is 0.777. The Kier molecular flexibility index (Phi) is 4.61. The summed E-state index contributed by atoms with van der Waals surface area (Å²) in [5, 5.41) is 11.2. The van der Waals surface area contributed by atoms with E-state index in [2.05, 4.69) is 59.5 Å². The molecule has 0 radical (unpaired) electrons. The van der Waals surface area contributed by atoms with Gasteiger partial charge in [0.1, 0.15) is 5.75 Å². The SMILES string of the molecule is Cc1nnc(COc2c(Br)cc(CNC3CC3)cc2Br)o1. The average molecular weight is 417 g/mol. The van der Waals surface area contributed by atoms with Crippen molar-refractivity contribution in [2.24, 2.45) is 0 Å². The van der Waals surface area contributed by atoms with E-state index in [1.54, 1.807) is 6.92 Å². The highest BCUT2D eigenvalue weighted by molar-refractivity contribution is 9.11. The lowest BCUT2D eigenvalue weighted by Gasteiger charge is -2.11. The zero-order valence-electron chi connectivity index (χ0n) is 11.5. The maximum atomic E-state index is 5.75. The molecule has 1 aliphatic rings. The van der Waals surface area contributed by atoms with Gasteiger partial charge in [-0.15, -0.1) is 10.2 Å². The van der Waals surface area contributed by atoms with Gasteiger partial charge in [0.2, 0.25) is 5.89 Å². The van der Waals surface area contributed by atoms with Crippen molar-refractivity contribution in [2.45, 2.75) is 39.0 Å². The van der Waals surface area contributed by atoms with Crippen molar-refractivity contribution < 1.29 is 9.15 Å². The van der Waals surface area contributed by atoms with Gasteiger partial charge in [0.05, 0.1) is 8.95 Å². The number of nitrogens with zero attached hydrogens (tertiary/aromatic N) is 2. The van der Waals surface area contributed by atoms with E-state index in [-0.39, 0.29) is 6.61 Å². The van der Waals surface area contributed by atoms with Crippen molar-refractivity contribution in [3.8, 4) is 5.75 Å². The van der Waals surface area contributed by atoms with Gasteiger partial charge in [0.25, 0.3) is 5.89 Å². The molecule has 1 fully saturated rings. The van der Waals surface area contributed by atoms with Gasteiger partial charge in [-0.2, -0.15) is 0 Å². The van der Waals surface area contributed by atoms with Crippen molar-refractivity contribution in [1.82, 2.24) is 15.5 Å². The zero-order chi connectivity index (χ0) is 14.8. The second kappa shape index (κ2) is 6.46. The molecule has 0 unspecified atom stereocenters. The van der Waals surface area contributed by atoms with Crippen LogP contribution in [-0.2, 0) is 13.2 Å². The first-order valence-corrected chi connectivity index (χ1v) is 8.33. The molecule has 5 nitrogen and oxygen atoms in total. The van der Waals surface area contributed by atoms with E-state index in [1.165, 1.54) is 18.4 Å². The van der Waals surface area contributed by atoms with E-state index in [4.69, 9.17) is 9.15 Å². The summed E-state index contributed by atoms with van der Waals surface area (Å²) in [6.45, 7) is 2.87. The molecule has 1 aromatic carbocycles. The normalized spacial score (nSPS) is 14.4. The molecular weight excluding hydrogens is 402 g/mol. The van der Waals surface area contributed by atoms with Gasteiger partial charge in [0, 0.05) is 19.5 Å². The zero-order valence-corrected chi connectivity index (χ0v) is 14.7. The molecular formula is C14H15Br2N3O2. The average Bonchev–Trinajstić information content (AvgIpc) is 3.17. The standard InChI is InChI=1S/C14H15Br2N3O2/c1-8-18-19-13(21-8)7-20-14-11(15)4-9(5-12(14)16)6-17-10-2-3-10/h4-5,10,17H,2-3,6-7H2,1H3. The summed E-state index contributed by atoms with van der Waals surface area (Å²) in [6, 6.07) is 4.82. The Hall–Kier alpha value is -0.920. The molecule has 21 heavy (non-hydrogen) atoms. The van der Waals surface area contributed by atoms with Crippen LogP contribution in [0.15, 0.2) is 25.5 Å². The molecule has 0 atom stereocenters. The van der Waals surface area contributed by atoms with Gasteiger partial charge in [-0.25, -0.2) is 0 Å². The molecule has 1 N–H and O–H groups in total. The highest BCUT2D eigenvalue weighted by atomic mass is 79.9. The first-order valence-electron chi connectivity index (χ1n) is 6.75. The summed E-state index contributed by atoms with van der Waals surface area (Å²) in [5.74, 6) is 1.74. The van der Waals surface area contributed by atoms with E-state index in [0.29, 0.717) is 17.8 Å². The van der Waals surface area contributed by atoms with Crippen LogP contribution in [0.3, 0.4) is 0 Å². The monoisotopic (exact) mass is 415 g/mol. The van der Waals surface area contributed by atoms with Crippen molar-refractivity contribution >= 4 is 31.9 Å². The highest BCUT2D eigenvalue weighted by Gasteiger charge is 2.20. The predicted molar refractivity (Wildman–Crippen MR) is 85.1 cm³/mol. The molecule has 0 saturated heterocycles. The molecule has 0 aliphatic heterocycles. The van der Waals surface area contributed by atoms with E-state index in [0.717, 1.165) is 21.2 Å². The molecule has 2 aromatic rings. The number of ether oxygens (including phenoxy) is 1. The number of nitrogens with one attached hydrogen (secondary N) is 1. The minimum Gasteiger partial charge on any atom is -0.481 e. The number of aryl methyl sites for hydroxylation is 1. The Bertz CT molecular complexity index is 618. The third kappa shape index (κ3) is 4.05. The second-order valence-electron chi connectivity index (χ2n) is 5.05. The van der Waals surface area contributed by atoms with Gasteiger partial charge < -0.3 is 14.5 Å². The summed E-state index contributed by atoms with van der Waals surface area (Å²) >= 11 is 7.10. The Morgan fingerprint density at radius 1 is 1.29 bits per heavy atom. The van der Waals surface area contributed by atoms with Crippen LogP contribution in [0.5, 0.6) is 5.75 Å². The molecule has 1 aromatic heterocycles. The van der Waals surface area contributed by atoms with E-state index in [1.807, 2.05) is 0 Å². The Morgan fingerprint density at radius 3 is 2.57 bits per heavy atom. The molecule has 3 rings (SSSR count). The first kappa shape index (κ1) is 15.0. The molecule has 0 amide bonds. The van der Waals surface area contributed by atoms with Gasteiger partial charge >= 0.3 is 0 Å². The van der Waals surface area contributed by atoms with Gasteiger partial charge in [-0.05, 0) is 62.4 Å². The summed E-state index contributed by atoms with van der Waals surface area (Å²) < 4.78 is 12.8. The number of rotatable bonds is 6. The van der Waals surface area contributed by atoms with Crippen LogP contribution in [0.25, 0.3) is 0 Å². The summed E-state index contributed by atoms with van der Waals surface area (Å²) in [4.78, 5) is 0. The van der Waals surface area contributed by atoms with Crippen LogP contribution in [0.4, 0.5) is 0 Å². The summed E-state index contributed by atoms with van der Waals surface area (Å²) in [7, 11) is 0. The maximum Gasteiger partial charge on any atom is 0.253 e. The van der Waals surface area contributed by atoms with Gasteiger partial charge in [0.15, 0.2) is 6.61 Å². The van der Waals surface area contributed by atoms with Crippen LogP contribution in [-0.4, -0.2) is 16.2 Å². The van der Waals surface area contributed by atoms with Crippen molar-refractivity contribution in [3.63, 3.8) is 0 Å². The minimum absolute atomic E-state index is 0.248. The van der Waals surface area contributed by atoms with Crippen LogP contribution < -0.4 is 10.1 Å². The lowest BCUT2D eigenvalue weighted by molar-refractivity contribution is 0.257. The predicted octanol–water partition coefficient (Wildman–Crippen LogP) is 3.73. The number of hydrogen-bond acceptors (Lipinski definition) is 5. The molecule has 0 bridgehead atoms. The number of benzene rings is 1. The fraction of sp³-hybridized carbons (Fsp3) is 0.429. The topological polar surface area (TPSA) is 60.2 Å². The van der Waals surface area contributed by atoms with Crippen molar-refractivity contribution in [2.75, 3.05) is 0 Å². The fourth-order valence-electron chi connectivity index (χ4n) is 1.93. The molecule has 1 aliphatic carbocycles. The lowest BCUT2D eigenvalue weighted by atomic mass is 10.2. The Morgan fingerprint density at radius 2 is 2.00 bits per heavy atom. The van der Waals surface area contributed by atoms with Gasteiger partial charge in [-0.1, -0.05) is 0 Å². The molecule has 0 spiro atoms.